The van der Waals surface area contributed by atoms with Gasteiger partial charge in [0.25, 0.3) is 5.91 Å². The third-order valence-corrected chi connectivity index (χ3v) is 7.54. The fourth-order valence-electron chi connectivity index (χ4n) is 5.34. The second-order valence-corrected chi connectivity index (χ2v) is 9.99. The predicted octanol–water partition coefficient (Wildman–Crippen LogP) is 3.78. The molecule has 9 nitrogen and oxygen atoms in total. The number of piperazine rings is 1. The van der Waals surface area contributed by atoms with Crippen LogP contribution in [0, 0.1) is 11.7 Å². The average molecular weight is 524 g/mol. The van der Waals surface area contributed by atoms with Crippen molar-refractivity contribution in [2.24, 2.45) is 5.92 Å². The first-order chi connectivity index (χ1) is 18.5. The Balaban J connectivity index is 1.30. The molecule has 3 fully saturated rings. The number of hydrogen-bond acceptors (Lipinski definition) is 5. The average Bonchev–Trinajstić information content (AvgIpc) is 3.50. The van der Waals surface area contributed by atoms with Gasteiger partial charge in [0, 0.05) is 56.6 Å². The smallest absolute Gasteiger partial charge is 0.322 e. The molecule has 0 radical (unpaired) electrons. The molecule has 0 bridgehead atoms. The number of para-hydroxylation sites is 1. The van der Waals surface area contributed by atoms with E-state index in [-0.39, 0.29) is 29.5 Å². The van der Waals surface area contributed by atoms with E-state index in [4.69, 9.17) is 4.74 Å². The van der Waals surface area contributed by atoms with Gasteiger partial charge in [-0.15, -0.1) is 0 Å². The standard InChI is InChI=1S/C28H34FN5O4/c29-23-7-3-4-8-24(23)31-28(37)34-13-11-32(12-14-34)25-10-9-21(30-26(35)20-5-1-2-6-20)19-22(25)27(36)33-15-17-38-18-16-33/h3-4,7-10,19-20H,1-2,5-6,11-18H2,(H,30,35)(H,31,37). The normalized spacial score (nSPS) is 18.4. The van der Waals surface area contributed by atoms with E-state index in [2.05, 4.69) is 15.5 Å². The van der Waals surface area contributed by atoms with E-state index in [1.807, 2.05) is 12.1 Å². The molecule has 0 atom stereocenters. The largest absolute Gasteiger partial charge is 0.378 e. The third-order valence-electron chi connectivity index (χ3n) is 7.54. The SMILES string of the molecule is O=C(Nc1ccc(N2CCN(C(=O)Nc3ccccc3F)CC2)c(C(=O)N2CCOCC2)c1)C1CCCC1. The van der Waals surface area contributed by atoms with Crippen molar-refractivity contribution in [3.8, 4) is 0 Å². The van der Waals surface area contributed by atoms with Crippen LogP contribution in [-0.4, -0.2) is 80.1 Å². The van der Waals surface area contributed by atoms with Crippen LogP contribution < -0.4 is 15.5 Å². The van der Waals surface area contributed by atoms with Crippen LogP contribution in [-0.2, 0) is 9.53 Å². The predicted molar refractivity (Wildman–Crippen MR) is 143 cm³/mol. The molecule has 2 heterocycles. The monoisotopic (exact) mass is 523 g/mol. The van der Waals surface area contributed by atoms with Gasteiger partial charge in [0.2, 0.25) is 5.91 Å². The molecular weight excluding hydrogens is 489 g/mol. The molecule has 0 aromatic heterocycles. The van der Waals surface area contributed by atoms with Crippen LogP contribution >= 0.6 is 0 Å². The Labute approximate surface area is 221 Å². The topological polar surface area (TPSA) is 94.2 Å². The maximum atomic E-state index is 14.0. The van der Waals surface area contributed by atoms with Gasteiger partial charge in [0.05, 0.1) is 24.5 Å². The van der Waals surface area contributed by atoms with Gasteiger partial charge in [-0.3, -0.25) is 9.59 Å². The Morgan fingerprint density at radius 3 is 2.26 bits per heavy atom. The van der Waals surface area contributed by atoms with E-state index in [1.165, 1.54) is 12.1 Å². The molecule has 0 unspecified atom stereocenters. The van der Waals surface area contributed by atoms with E-state index in [1.54, 1.807) is 28.0 Å². The molecule has 2 aromatic rings. The summed E-state index contributed by atoms with van der Waals surface area (Å²) in [6, 6.07) is 11.2. The lowest BCUT2D eigenvalue weighted by molar-refractivity contribution is -0.119. The highest BCUT2D eigenvalue weighted by Gasteiger charge is 2.28. The summed E-state index contributed by atoms with van der Waals surface area (Å²) in [5.41, 5.74) is 2.06. The number of amides is 4. The van der Waals surface area contributed by atoms with Crippen molar-refractivity contribution in [3.63, 3.8) is 0 Å². The number of hydrogen-bond donors (Lipinski definition) is 2. The Bertz CT molecular complexity index is 1170. The second-order valence-electron chi connectivity index (χ2n) is 9.99. The van der Waals surface area contributed by atoms with Crippen molar-refractivity contribution < 1.29 is 23.5 Å². The quantitative estimate of drug-likeness (QED) is 0.622. The summed E-state index contributed by atoms with van der Waals surface area (Å²) < 4.78 is 19.4. The maximum Gasteiger partial charge on any atom is 0.322 e. The minimum absolute atomic E-state index is 0.00880. The molecule has 2 N–H and O–H groups in total. The number of urea groups is 1. The Kier molecular flexibility index (Phi) is 8.07. The van der Waals surface area contributed by atoms with Crippen LogP contribution in [0.1, 0.15) is 36.0 Å². The highest BCUT2D eigenvalue weighted by molar-refractivity contribution is 6.02. The Morgan fingerprint density at radius 2 is 1.55 bits per heavy atom. The number of nitrogens with one attached hydrogen (secondary N) is 2. The molecule has 2 aromatic carbocycles. The van der Waals surface area contributed by atoms with E-state index in [0.29, 0.717) is 63.7 Å². The lowest BCUT2D eigenvalue weighted by atomic mass is 10.1. The summed E-state index contributed by atoms with van der Waals surface area (Å²) in [4.78, 5) is 44.5. The van der Waals surface area contributed by atoms with Crippen LogP contribution in [0.4, 0.5) is 26.2 Å². The minimum atomic E-state index is -0.481. The first-order valence-corrected chi connectivity index (χ1v) is 13.4. The Morgan fingerprint density at radius 1 is 0.842 bits per heavy atom. The number of halogens is 1. The van der Waals surface area contributed by atoms with Gasteiger partial charge >= 0.3 is 6.03 Å². The molecule has 5 rings (SSSR count). The van der Waals surface area contributed by atoms with E-state index >= 15 is 0 Å². The van der Waals surface area contributed by atoms with E-state index in [0.717, 1.165) is 31.4 Å². The van der Waals surface area contributed by atoms with Crippen LogP contribution in [0.15, 0.2) is 42.5 Å². The zero-order valence-electron chi connectivity index (χ0n) is 21.5. The van der Waals surface area contributed by atoms with Crippen molar-refractivity contribution in [1.82, 2.24) is 9.80 Å². The molecule has 1 aliphatic carbocycles. The number of benzene rings is 2. The highest BCUT2D eigenvalue weighted by Crippen LogP contribution is 2.30. The minimum Gasteiger partial charge on any atom is -0.378 e. The molecule has 3 aliphatic rings. The zero-order valence-corrected chi connectivity index (χ0v) is 21.5. The van der Waals surface area contributed by atoms with E-state index in [9.17, 15) is 18.8 Å². The molecule has 10 heteroatoms. The number of carbonyl (C=O) groups is 3. The molecule has 202 valence electrons. The number of morpholine rings is 1. The van der Waals surface area contributed by atoms with Gasteiger partial charge < -0.3 is 30.1 Å². The molecule has 4 amide bonds. The van der Waals surface area contributed by atoms with Crippen LogP contribution in [0.2, 0.25) is 0 Å². The van der Waals surface area contributed by atoms with Gasteiger partial charge in [-0.1, -0.05) is 25.0 Å². The van der Waals surface area contributed by atoms with Crippen molar-refractivity contribution in [3.05, 3.63) is 53.8 Å². The van der Waals surface area contributed by atoms with Crippen molar-refractivity contribution in [1.29, 1.82) is 0 Å². The number of carbonyl (C=O) groups excluding carboxylic acids is 3. The fraction of sp³-hybridized carbons (Fsp3) is 0.464. The summed E-state index contributed by atoms with van der Waals surface area (Å²) >= 11 is 0. The summed E-state index contributed by atoms with van der Waals surface area (Å²) in [7, 11) is 0. The van der Waals surface area contributed by atoms with Crippen LogP contribution in [0.3, 0.4) is 0 Å². The van der Waals surface area contributed by atoms with Crippen molar-refractivity contribution in [2.75, 3.05) is 68.0 Å². The number of nitrogens with zero attached hydrogens (tertiary/aromatic N) is 3. The lowest BCUT2D eigenvalue weighted by Crippen LogP contribution is -2.50. The summed E-state index contributed by atoms with van der Waals surface area (Å²) in [6.45, 7) is 3.90. The Hall–Kier alpha value is -3.66. The molecule has 38 heavy (non-hydrogen) atoms. The summed E-state index contributed by atoms with van der Waals surface area (Å²) in [5, 5.41) is 5.65. The van der Waals surface area contributed by atoms with E-state index < -0.39 is 5.82 Å². The fourth-order valence-corrected chi connectivity index (χ4v) is 5.34. The highest BCUT2D eigenvalue weighted by atomic mass is 19.1. The molecule has 1 saturated carbocycles. The summed E-state index contributed by atoms with van der Waals surface area (Å²) in [6.07, 6.45) is 3.95. The molecule has 2 aliphatic heterocycles. The molecular formula is C28H34FN5O4. The number of ether oxygens (including phenoxy) is 1. The maximum absolute atomic E-state index is 14.0. The number of rotatable bonds is 5. The zero-order chi connectivity index (χ0) is 26.5. The molecule has 2 saturated heterocycles. The second kappa shape index (κ2) is 11.8. The third kappa shape index (κ3) is 5.91. The van der Waals surface area contributed by atoms with Crippen molar-refractivity contribution >= 4 is 34.9 Å². The molecule has 0 spiro atoms. The van der Waals surface area contributed by atoms with Gasteiger partial charge in [-0.25, -0.2) is 9.18 Å². The van der Waals surface area contributed by atoms with Crippen LogP contribution in [0.5, 0.6) is 0 Å². The van der Waals surface area contributed by atoms with Gasteiger partial charge in [0.1, 0.15) is 5.82 Å². The number of anilines is 3. The van der Waals surface area contributed by atoms with Gasteiger partial charge in [-0.2, -0.15) is 0 Å². The van der Waals surface area contributed by atoms with Crippen molar-refractivity contribution in [2.45, 2.75) is 25.7 Å². The van der Waals surface area contributed by atoms with Gasteiger partial charge in [0.15, 0.2) is 0 Å². The van der Waals surface area contributed by atoms with Gasteiger partial charge in [-0.05, 0) is 43.2 Å². The van der Waals surface area contributed by atoms with Crippen LogP contribution in [0.25, 0.3) is 0 Å². The first kappa shape index (κ1) is 26.0. The lowest BCUT2D eigenvalue weighted by Gasteiger charge is -2.37. The first-order valence-electron chi connectivity index (χ1n) is 13.4. The summed E-state index contributed by atoms with van der Waals surface area (Å²) in [5.74, 6) is -0.544.